The van der Waals surface area contributed by atoms with Crippen LogP contribution in [0.3, 0.4) is 0 Å². The normalized spacial score (nSPS) is 15.8. The molecule has 126 valence electrons. The summed E-state index contributed by atoms with van der Waals surface area (Å²) in [5.74, 6) is -20.1. The number of rotatable bonds is 4. The molecule has 0 spiro atoms. The minimum atomic E-state index is -7.05. The molecule has 0 aliphatic rings. The quantitative estimate of drug-likeness (QED) is 0.762. The van der Waals surface area contributed by atoms with E-state index in [1.807, 2.05) is 0 Å². The summed E-state index contributed by atoms with van der Waals surface area (Å²) in [5, 5.41) is 8.83. The highest BCUT2D eigenvalue weighted by Gasteiger charge is 2.83. The lowest BCUT2D eigenvalue weighted by molar-refractivity contribution is -0.406. The summed E-state index contributed by atoms with van der Waals surface area (Å²) in [6.07, 6.45) is -10.6. The highest BCUT2D eigenvalue weighted by molar-refractivity contribution is 6.30. The third kappa shape index (κ3) is 2.85. The van der Waals surface area contributed by atoms with Crippen LogP contribution in [0.1, 0.15) is 11.7 Å². The van der Waals surface area contributed by atoms with Crippen molar-refractivity contribution in [3.8, 4) is 0 Å². The van der Waals surface area contributed by atoms with Crippen LogP contribution in [0.25, 0.3) is 0 Å². The van der Waals surface area contributed by atoms with E-state index in [4.69, 9.17) is 16.7 Å². The van der Waals surface area contributed by atoms with E-state index in [1.165, 1.54) is 0 Å². The Bertz CT molecular complexity index is 541. The molecule has 22 heavy (non-hydrogen) atoms. The molecule has 11 heteroatoms. The van der Waals surface area contributed by atoms with Crippen molar-refractivity contribution in [1.29, 1.82) is 0 Å². The second-order valence-corrected chi connectivity index (χ2v) is 4.66. The smallest absolute Gasteiger partial charge is 0.382 e. The van der Waals surface area contributed by atoms with Gasteiger partial charge in [0.2, 0.25) is 0 Å². The third-order valence-corrected chi connectivity index (χ3v) is 2.91. The summed E-state index contributed by atoms with van der Waals surface area (Å²) in [4.78, 5) is 0. The maximum Gasteiger partial charge on any atom is 0.460 e. The van der Waals surface area contributed by atoms with Gasteiger partial charge in [0.05, 0.1) is 0 Å². The third-order valence-electron chi connectivity index (χ3n) is 2.68. The minimum absolute atomic E-state index is 0.321. The number of aliphatic hydroxyl groups excluding tert-OH is 1. The molecule has 0 aliphatic heterocycles. The van der Waals surface area contributed by atoms with Gasteiger partial charge in [-0.2, -0.15) is 39.5 Å². The standard InChI is InChI=1S/C11H6ClF9O/c12-6-3-1-2-5(4-6)7(22)8(13,14)9(15,16)10(17,18)11(19,20)21/h1-4,7,22H. The van der Waals surface area contributed by atoms with Crippen LogP contribution in [0.15, 0.2) is 24.3 Å². The Balaban J connectivity index is 3.32. The Morgan fingerprint density at radius 3 is 1.77 bits per heavy atom. The van der Waals surface area contributed by atoms with Crippen LogP contribution in [0.2, 0.25) is 5.02 Å². The Labute approximate surface area is 122 Å². The Hall–Kier alpha value is -1.16. The summed E-state index contributed by atoms with van der Waals surface area (Å²) in [5.41, 5.74) is -1.05. The lowest BCUT2D eigenvalue weighted by Crippen LogP contribution is -2.62. The molecule has 1 rings (SSSR count). The van der Waals surface area contributed by atoms with Gasteiger partial charge < -0.3 is 5.11 Å². The fourth-order valence-corrected chi connectivity index (χ4v) is 1.64. The molecule has 1 unspecified atom stereocenters. The van der Waals surface area contributed by atoms with Gasteiger partial charge in [-0.15, -0.1) is 0 Å². The van der Waals surface area contributed by atoms with Gasteiger partial charge in [-0.05, 0) is 17.7 Å². The van der Waals surface area contributed by atoms with E-state index in [9.17, 15) is 39.5 Å². The van der Waals surface area contributed by atoms with Crippen molar-refractivity contribution in [2.75, 3.05) is 0 Å². The van der Waals surface area contributed by atoms with Crippen molar-refractivity contribution in [2.45, 2.75) is 30.0 Å². The fourth-order valence-electron chi connectivity index (χ4n) is 1.45. The lowest BCUT2D eigenvalue weighted by atomic mass is 9.94. The number of halogens is 10. The predicted molar refractivity (Wildman–Crippen MR) is 57.3 cm³/mol. The molecule has 0 amide bonds. The molecule has 0 aliphatic carbocycles. The van der Waals surface area contributed by atoms with Crippen molar-refractivity contribution in [1.82, 2.24) is 0 Å². The summed E-state index contributed by atoms with van der Waals surface area (Å²) in [7, 11) is 0. The number of alkyl halides is 9. The average Bonchev–Trinajstić information content (AvgIpc) is 2.35. The first-order chi connectivity index (χ1) is 9.66. The number of hydrogen-bond acceptors (Lipinski definition) is 1. The van der Waals surface area contributed by atoms with Crippen LogP contribution in [0.5, 0.6) is 0 Å². The zero-order chi connectivity index (χ0) is 17.6. The molecule has 1 aromatic rings. The van der Waals surface area contributed by atoms with E-state index in [0.29, 0.717) is 12.1 Å². The molecule has 0 aromatic heterocycles. The van der Waals surface area contributed by atoms with Crippen LogP contribution in [0.4, 0.5) is 39.5 Å². The summed E-state index contributed by atoms with van der Waals surface area (Å²) < 4.78 is 114. The van der Waals surface area contributed by atoms with Crippen molar-refractivity contribution in [3.05, 3.63) is 34.9 Å². The van der Waals surface area contributed by atoms with Gasteiger partial charge in [0, 0.05) is 5.02 Å². The zero-order valence-electron chi connectivity index (χ0n) is 10.1. The minimum Gasteiger partial charge on any atom is -0.382 e. The molecule has 0 heterocycles. The zero-order valence-corrected chi connectivity index (χ0v) is 10.9. The van der Waals surface area contributed by atoms with E-state index in [-0.39, 0.29) is 5.02 Å². The Kier molecular flexibility index (Phi) is 4.71. The van der Waals surface area contributed by atoms with E-state index in [0.717, 1.165) is 12.1 Å². The topological polar surface area (TPSA) is 20.2 Å². The van der Waals surface area contributed by atoms with Gasteiger partial charge in [0.15, 0.2) is 0 Å². The van der Waals surface area contributed by atoms with Gasteiger partial charge in [-0.25, -0.2) is 0 Å². The van der Waals surface area contributed by atoms with Crippen LogP contribution in [-0.2, 0) is 0 Å². The molecule has 0 radical (unpaired) electrons. The molecule has 1 atom stereocenters. The monoisotopic (exact) mass is 360 g/mol. The maximum absolute atomic E-state index is 13.4. The molecular formula is C11H6ClF9O. The number of hydrogen-bond donors (Lipinski definition) is 1. The molecule has 0 saturated heterocycles. The highest BCUT2D eigenvalue weighted by atomic mass is 35.5. The molecular weight excluding hydrogens is 355 g/mol. The van der Waals surface area contributed by atoms with Crippen LogP contribution in [0, 0.1) is 0 Å². The summed E-state index contributed by atoms with van der Waals surface area (Å²) in [6.45, 7) is 0. The lowest BCUT2D eigenvalue weighted by Gasteiger charge is -2.35. The number of aliphatic hydroxyl groups is 1. The molecule has 1 nitrogen and oxygen atoms in total. The predicted octanol–water partition coefficient (Wildman–Crippen LogP) is 4.84. The summed E-state index contributed by atoms with van der Waals surface area (Å²) in [6, 6.07) is 3.14. The van der Waals surface area contributed by atoms with Crippen LogP contribution >= 0.6 is 11.6 Å². The average molecular weight is 361 g/mol. The van der Waals surface area contributed by atoms with Crippen molar-refractivity contribution < 1.29 is 44.6 Å². The maximum atomic E-state index is 13.4. The molecule has 1 N–H and O–H groups in total. The van der Waals surface area contributed by atoms with Gasteiger partial charge >= 0.3 is 23.9 Å². The summed E-state index contributed by atoms with van der Waals surface area (Å²) >= 11 is 5.34. The Morgan fingerprint density at radius 1 is 0.864 bits per heavy atom. The number of benzene rings is 1. The van der Waals surface area contributed by atoms with E-state index in [1.54, 1.807) is 0 Å². The first-order valence-electron chi connectivity index (χ1n) is 5.30. The van der Waals surface area contributed by atoms with Gasteiger partial charge in [-0.3, -0.25) is 0 Å². The molecule has 0 saturated carbocycles. The van der Waals surface area contributed by atoms with E-state index < -0.39 is 35.6 Å². The largest absolute Gasteiger partial charge is 0.460 e. The Morgan fingerprint density at radius 2 is 1.36 bits per heavy atom. The van der Waals surface area contributed by atoms with Crippen molar-refractivity contribution >= 4 is 11.6 Å². The van der Waals surface area contributed by atoms with Gasteiger partial charge in [0.1, 0.15) is 6.10 Å². The SMILES string of the molecule is OC(c1cccc(Cl)c1)C(F)(F)C(F)(F)C(F)(F)C(F)(F)F. The molecule has 0 bridgehead atoms. The van der Waals surface area contributed by atoms with Gasteiger partial charge in [-0.1, -0.05) is 23.7 Å². The molecule has 1 aromatic carbocycles. The van der Waals surface area contributed by atoms with E-state index in [2.05, 4.69) is 0 Å². The fraction of sp³-hybridized carbons (Fsp3) is 0.455. The first kappa shape index (κ1) is 18.9. The second-order valence-electron chi connectivity index (χ2n) is 4.23. The highest BCUT2D eigenvalue weighted by Crippen LogP contribution is 2.56. The van der Waals surface area contributed by atoms with Crippen molar-refractivity contribution in [3.63, 3.8) is 0 Å². The van der Waals surface area contributed by atoms with E-state index >= 15 is 0 Å². The van der Waals surface area contributed by atoms with Crippen LogP contribution in [-0.4, -0.2) is 29.1 Å². The van der Waals surface area contributed by atoms with Crippen molar-refractivity contribution in [2.24, 2.45) is 0 Å². The first-order valence-corrected chi connectivity index (χ1v) is 5.67. The van der Waals surface area contributed by atoms with Crippen LogP contribution < -0.4 is 0 Å². The second kappa shape index (κ2) is 5.48. The molecule has 0 fully saturated rings. The van der Waals surface area contributed by atoms with Gasteiger partial charge in [0.25, 0.3) is 0 Å².